The molecule has 2 saturated heterocycles. The Morgan fingerprint density at radius 1 is 1.27 bits per heavy atom. The van der Waals surface area contributed by atoms with Gasteiger partial charge >= 0.3 is 5.97 Å². The first kappa shape index (κ1) is 12.7. The minimum absolute atomic E-state index is 0. The lowest BCUT2D eigenvalue weighted by atomic mass is 9.85. The van der Waals surface area contributed by atoms with E-state index in [1.54, 1.807) is 0 Å². The van der Waals surface area contributed by atoms with E-state index in [-0.39, 0.29) is 24.4 Å². The first-order valence-electron chi connectivity index (χ1n) is 5.34. The van der Waals surface area contributed by atoms with Gasteiger partial charge in [-0.2, -0.15) is 0 Å². The molecule has 0 radical (unpaired) electrons. The zero-order valence-electron chi connectivity index (χ0n) is 8.65. The Kier molecular flexibility index (Phi) is 4.83. The van der Waals surface area contributed by atoms with Gasteiger partial charge in [0.15, 0.2) is 0 Å². The number of piperidine rings is 1. The van der Waals surface area contributed by atoms with E-state index in [4.69, 9.17) is 9.84 Å². The molecular weight excluding hydrogens is 218 g/mol. The maximum Gasteiger partial charge on any atom is 0.309 e. The lowest BCUT2D eigenvalue weighted by molar-refractivity contribution is -0.144. The van der Waals surface area contributed by atoms with Crippen LogP contribution in [-0.2, 0) is 9.53 Å². The molecule has 0 aromatic rings. The number of hydrogen-bond donors (Lipinski definition) is 2. The van der Waals surface area contributed by atoms with Gasteiger partial charge in [0.25, 0.3) is 0 Å². The topological polar surface area (TPSA) is 58.6 Å². The van der Waals surface area contributed by atoms with E-state index in [9.17, 15) is 4.79 Å². The molecule has 0 bridgehead atoms. The van der Waals surface area contributed by atoms with Gasteiger partial charge in [-0.05, 0) is 38.3 Å². The molecule has 2 fully saturated rings. The lowest BCUT2D eigenvalue weighted by Crippen LogP contribution is -2.38. The number of halogens is 1. The molecule has 88 valence electrons. The Morgan fingerprint density at radius 2 is 1.93 bits per heavy atom. The summed E-state index contributed by atoms with van der Waals surface area (Å²) in [4.78, 5) is 11.0. The van der Waals surface area contributed by atoms with Crippen molar-refractivity contribution in [3.8, 4) is 0 Å². The van der Waals surface area contributed by atoms with E-state index < -0.39 is 5.97 Å². The Balaban J connectivity index is 0.00000112. The van der Waals surface area contributed by atoms with Crippen LogP contribution >= 0.6 is 12.4 Å². The summed E-state index contributed by atoms with van der Waals surface area (Å²) in [6.45, 7) is 2.61. The van der Waals surface area contributed by atoms with Crippen molar-refractivity contribution in [1.29, 1.82) is 0 Å². The van der Waals surface area contributed by atoms with Crippen LogP contribution in [0.4, 0.5) is 0 Å². The highest BCUT2D eigenvalue weighted by Gasteiger charge is 2.39. The van der Waals surface area contributed by atoms with Crippen LogP contribution in [0.25, 0.3) is 0 Å². The van der Waals surface area contributed by atoms with Crippen LogP contribution in [-0.4, -0.2) is 36.9 Å². The predicted molar refractivity (Wildman–Crippen MR) is 58.3 cm³/mol. The maximum atomic E-state index is 11.0. The molecule has 0 amide bonds. The van der Waals surface area contributed by atoms with Gasteiger partial charge in [0.05, 0.1) is 12.0 Å². The number of carboxylic acids is 1. The Morgan fingerprint density at radius 3 is 2.53 bits per heavy atom. The SMILES string of the molecule is Cl.O=C(O)[C@@H]1CCO[C@H]1C1CCNCC1. The second-order valence-electron chi connectivity index (χ2n) is 4.16. The van der Waals surface area contributed by atoms with Crippen LogP contribution in [0.3, 0.4) is 0 Å². The van der Waals surface area contributed by atoms with Gasteiger partial charge in [-0.3, -0.25) is 4.79 Å². The normalized spacial score (nSPS) is 32.3. The number of ether oxygens (including phenoxy) is 1. The number of aliphatic carboxylic acids is 1. The Labute approximate surface area is 95.8 Å². The molecule has 5 heteroatoms. The number of hydrogen-bond acceptors (Lipinski definition) is 3. The molecule has 0 aromatic carbocycles. The monoisotopic (exact) mass is 235 g/mol. The molecule has 0 saturated carbocycles. The zero-order valence-corrected chi connectivity index (χ0v) is 9.46. The molecule has 15 heavy (non-hydrogen) atoms. The van der Waals surface area contributed by atoms with Gasteiger partial charge in [-0.1, -0.05) is 0 Å². The molecule has 2 N–H and O–H groups in total. The van der Waals surface area contributed by atoms with Crippen molar-refractivity contribution in [3.05, 3.63) is 0 Å². The van der Waals surface area contributed by atoms with Crippen LogP contribution in [0.1, 0.15) is 19.3 Å². The highest BCUT2D eigenvalue weighted by atomic mass is 35.5. The van der Waals surface area contributed by atoms with Crippen molar-refractivity contribution >= 4 is 18.4 Å². The summed E-state index contributed by atoms with van der Waals surface area (Å²) in [7, 11) is 0. The molecule has 2 rings (SSSR count). The standard InChI is InChI=1S/C10H17NO3.ClH/c12-10(13)8-3-6-14-9(8)7-1-4-11-5-2-7;/h7-9,11H,1-6H2,(H,12,13);1H/t8-,9+;/m1./s1. The third kappa shape index (κ3) is 2.83. The molecule has 4 nitrogen and oxygen atoms in total. The van der Waals surface area contributed by atoms with Gasteiger partial charge in [0.2, 0.25) is 0 Å². The average Bonchev–Trinajstić information content (AvgIpc) is 2.67. The van der Waals surface area contributed by atoms with E-state index >= 15 is 0 Å². The largest absolute Gasteiger partial charge is 0.481 e. The van der Waals surface area contributed by atoms with E-state index in [2.05, 4.69) is 5.32 Å². The lowest BCUT2D eigenvalue weighted by Gasteiger charge is -2.29. The second kappa shape index (κ2) is 5.68. The number of rotatable bonds is 2. The molecule has 0 aromatic heterocycles. The van der Waals surface area contributed by atoms with Crippen molar-refractivity contribution in [3.63, 3.8) is 0 Å². The van der Waals surface area contributed by atoms with Crippen LogP contribution in [0, 0.1) is 11.8 Å². The van der Waals surface area contributed by atoms with Gasteiger partial charge in [-0.15, -0.1) is 12.4 Å². The van der Waals surface area contributed by atoms with Crippen molar-refractivity contribution in [2.24, 2.45) is 11.8 Å². The Hall–Kier alpha value is -0.320. The van der Waals surface area contributed by atoms with Gasteiger partial charge in [0.1, 0.15) is 0 Å². The average molecular weight is 236 g/mol. The van der Waals surface area contributed by atoms with E-state index in [0.717, 1.165) is 25.9 Å². The molecule has 2 atom stereocenters. The van der Waals surface area contributed by atoms with E-state index in [1.807, 2.05) is 0 Å². The summed E-state index contributed by atoms with van der Waals surface area (Å²) in [6, 6.07) is 0. The summed E-state index contributed by atoms with van der Waals surface area (Å²) in [5, 5.41) is 12.3. The zero-order chi connectivity index (χ0) is 9.97. The van der Waals surface area contributed by atoms with Gasteiger partial charge in [0, 0.05) is 6.61 Å². The third-order valence-electron chi connectivity index (χ3n) is 3.30. The fourth-order valence-electron chi connectivity index (χ4n) is 2.51. The smallest absolute Gasteiger partial charge is 0.309 e. The van der Waals surface area contributed by atoms with Crippen LogP contribution < -0.4 is 5.32 Å². The molecular formula is C10H18ClNO3. The summed E-state index contributed by atoms with van der Waals surface area (Å²) in [5.74, 6) is -0.510. The first-order valence-corrected chi connectivity index (χ1v) is 5.34. The van der Waals surface area contributed by atoms with Crippen LogP contribution in [0.15, 0.2) is 0 Å². The van der Waals surface area contributed by atoms with Crippen molar-refractivity contribution in [2.75, 3.05) is 19.7 Å². The summed E-state index contributed by atoms with van der Waals surface area (Å²) < 4.78 is 5.56. The number of carbonyl (C=O) groups is 1. The molecule has 2 aliphatic rings. The molecule has 2 aliphatic heterocycles. The molecule has 2 heterocycles. The maximum absolute atomic E-state index is 11.0. The first-order chi connectivity index (χ1) is 6.79. The quantitative estimate of drug-likeness (QED) is 0.747. The predicted octanol–water partition coefficient (Wildman–Crippen LogP) is 0.897. The molecule has 0 spiro atoms. The fourth-order valence-corrected chi connectivity index (χ4v) is 2.51. The fraction of sp³-hybridized carbons (Fsp3) is 0.900. The van der Waals surface area contributed by atoms with Crippen LogP contribution in [0.2, 0.25) is 0 Å². The molecule has 0 unspecified atom stereocenters. The minimum atomic E-state index is -0.689. The molecule has 0 aliphatic carbocycles. The highest BCUT2D eigenvalue weighted by Crippen LogP contribution is 2.31. The highest BCUT2D eigenvalue weighted by molar-refractivity contribution is 5.85. The number of carboxylic acid groups (broad SMARTS) is 1. The number of nitrogens with one attached hydrogen (secondary N) is 1. The minimum Gasteiger partial charge on any atom is -0.481 e. The van der Waals surface area contributed by atoms with Crippen LogP contribution in [0.5, 0.6) is 0 Å². The van der Waals surface area contributed by atoms with E-state index in [0.29, 0.717) is 18.9 Å². The van der Waals surface area contributed by atoms with Crippen molar-refractivity contribution < 1.29 is 14.6 Å². The van der Waals surface area contributed by atoms with Gasteiger partial charge in [-0.25, -0.2) is 0 Å². The summed E-state index contributed by atoms with van der Waals surface area (Å²) >= 11 is 0. The Bertz CT molecular complexity index is 219. The third-order valence-corrected chi connectivity index (χ3v) is 3.30. The summed E-state index contributed by atoms with van der Waals surface area (Å²) in [5.41, 5.74) is 0. The summed E-state index contributed by atoms with van der Waals surface area (Å²) in [6.07, 6.45) is 2.75. The van der Waals surface area contributed by atoms with Gasteiger partial charge < -0.3 is 15.2 Å². The van der Waals surface area contributed by atoms with E-state index in [1.165, 1.54) is 0 Å². The van der Waals surface area contributed by atoms with Crippen molar-refractivity contribution in [2.45, 2.75) is 25.4 Å². The second-order valence-corrected chi connectivity index (χ2v) is 4.16. The van der Waals surface area contributed by atoms with Crippen molar-refractivity contribution in [1.82, 2.24) is 5.32 Å².